The summed E-state index contributed by atoms with van der Waals surface area (Å²) >= 11 is 0. The normalized spacial score (nSPS) is 10.6. The summed E-state index contributed by atoms with van der Waals surface area (Å²) in [6.45, 7) is 3.57. The molecule has 3 rings (SSSR count). The molecule has 0 aromatic heterocycles. The van der Waals surface area contributed by atoms with Crippen molar-refractivity contribution in [2.45, 2.75) is 19.9 Å². The van der Waals surface area contributed by atoms with Crippen molar-refractivity contribution in [3.05, 3.63) is 66.2 Å². The molecule has 3 aromatic carbocycles. The van der Waals surface area contributed by atoms with Crippen molar-refractivity contribution in [2.24, 2.45) is 0 Å². The van der Waals surface area contributed by atoms with Crippen molar-refractivity contribution < 1.29 is 19.1 Å². The second kappa shape index (κ2) is 9.10. The van der Waals surface area contributed by atoms with Crippen LogP contribution in [0.1, 0.15) is 24.2 Å². The lowest BCUT2D eigenvalue weighted by Gasteiger charge is -2.15. The van der Waals surface area contributed by atoms with Crippen LogP contribution in [0.2, 0.25) is 0 Å². The molecule has 150 valence electrons. The lowest BCUT2D eigenvalue weighted by atomic mass is 10.1. The van der Waals surface area contributed by atoms with Gasteiger partial charge in [0.15, 0.2) is 6.61 Å². The van der Waals surface area contributed by atoms with Crippen molar-refractivity contribution in [3.63, 3.8) is 0 Å². The van der Waals surface area contributed by atoms with Crippen LogP contribution in [0.5, 0.6) is 11.5 Å². The summed E-state index contributed by atoms with van der Waals surface area (Å²) in [5.74, 6) is 0.305. The molecular weight excluding hydrogens is 368 g/mol. The summed E-state index contributed by atoms with van der Waals surface area (Å²) in [7, 11) is 1.54. The second-order valence-corrected chi connectivity index (χ2v) is 6.86. The number of ether oxygens (including phenoxy) is 2. The molecule has 0 fully saturated rings. The SMILES string of the molecule is COc1ccccc1NC(=O)c1cc2ccccc2cc1OCC(=O)NC(C)C. The predicted molar refractivity (Wildman–Crippen MR) is 114 cm³/mol. The summed E-state index contributed by atoms with van der Waals surface area (Å²) in [5.41, 5.74) is 0.892. The molecule has 0 aliphatic carbocycles. The van der Waals surface area contributed by atoms with Gasteiger partial charge in [0.25, 0.3) is 11.8 Å². The van der Waals surface area contributed by atoms with Gasteiger partial charge < -0.3 is 20.1 Å². The van der Waals surface area contributed by atoms with Crippen molar-refractivity contribution in [3.8, 4) is 11.5 Å². The van der Waals surface area contributed by atoms with Gasteiger partial charge in [-0.15, -0.1) is 0 Å². The molecule has 0 atom stereocenters. The highest BCUT2D eigenvalue weighted by atomic mass is 16.5. The summed E-state index contributed by atoms with van der Waals surface area (Å²) in [6, 6.07) is 18.4. The molecule has 3 aromatic rings. The fourth-order valence-corrected chi connectivity index (χ4v) is 2.96. The zero-order chi connectivity index (χ0) is 20.8. The number of nitrogens with one attached hydrogen (secondary N) is 2. The van der Waals surface area contributed by atoms with E-state index in [0.29, 0.717) is 22.7 Å². The number of hydrogen-bond acceptors (Lipinski definition) is 4. The molecule has 2 N–H and O–H groups in total. The quantitative estimate of drug-likeness (QED) is 0.637. The average molecular weight is 392 g/mol. The van der Waals surface area contributed by atoms with Crippen LogP contribution in [-0.4, -0.2) is 31.6 Å². The maximum Gasteiger partial charge on any atom is 0.259 e. The number of benzene rings is 3. The van der Waals surface area contributed by atoms with Crippen molar-refractivity contribution in [1.82, 2.24) is 5.32 Å². The number of carbonyl (C=O) groups is 2. The van der Waals surface area contributed by atoms with E-state index < -0.39 is 0 Å². The van der Waals surface area contributed by atoms with E-state index in [-0.39, 0.29) is 24.5 Å². The molecule has 6 heteroatoms. The number of amides is 2. The Hall–Kier alpha value is -3.54. The third kappa shape index (κ3) is 5.04. The first kappa shape index (κ1) is 20.2. The van der Waals surface area contributed by atoms with Gasteiger partial charge in [0.1, 0.15) is 11.5 Å². The van der Waals surface area contributed by atoms with E-state index in [1.807, 2.05) is 50.2 Å². The first-order chi connectivity index (χ1) is 14.0. The van der Waals surface area contributed by atoms with Crippen molar-refractivity contribution in [2.75, 3.05) is 19.0 Å². The Morgan fingerprint density at radius 3 is 2.28 bits per heavy atom. The van der Waals surface area contributed by atoms with E-state index in [2.05, 4.69) is 10.6 Å². The number of para-hydroxylation sites is 2. The van der Waals surface area contributed by atoms with Gasteiger partial charge in [-0.2, -0.15) is 0 Å². The summed E-state index contributed by atoms with van der Waals surface area (Å²) in [5, 5.41) is 7.45. The number of hydrogen-bond donors (Lipinski definition) is 2. The van der Waals surface area contributed by atoms with Gasteiger partial charge in [0.2, 0.25) is 0 Å². The topological polar surface area (TPSA) is 76.7 Å². The molecule has 0 spiro atoms. The smallest absolute Gasteiger partial charge is 0.259 e. The highest BCUT2D eigenvalue weighted by Gasteiger charge is 2.17. The van der Waals surface area contributed by atoms with Crippen LogP contribution in [0.3, 0.4) is 0 Å². The Bertz CT molecular complexity index is 1030. The van der Waals surface area contributed by atoms with Crippen LogP contribution < -0.4 is 20.1 Å². The first-order valence-electron chi connectivity index (χ1n) is 9.37. The first-order valence-corrected chi connectivity index (χ1v) is 9.37. The second-order valence-electron chi connectivity index (χ2n) is 6.86. The van der Waals surface area contributed by atoms with Gasteiger partial charge in [0.05, 0.1) is 18.4 Å². The van der Waals surface area contributed by atoms with Crippen LogP contribution in [0.4, 0.5) is 5.69 Å². The minimum Gasteiger partial charge on any atom is -0.495 e. The molecule has 0 radical (unpaired) electrons. The molecule has 0 aliphatic heterocycles. The minimum atomic E-state index is -0.348. The van der Waals surface area contributed by atoms with Gasteiger partial charge in [-0.1, -0.05) is 36.4 Å². The molecule has 0 aliphatic rings. The predicted octanol–water partition coefficient (Wildman–Crippen LogP) is 4.00. The molecule has 0 bridgehead atoms. The van der Waals surface area contributed by atoms with Crippen LogP contribution in [0, 0.1) is 0 Å². The van der Waals surface area contributed by atoms with E-state index in [0.717, 1.165) is 10.8 Å². The Labute approximate surface area is 169 Å². The fourth-order valence-electron chi connectivity index (χ4n) is 2.96. The fraction of sp³-hybridized carbons (Fsp3) is 0.217. The lowest BCUT2D eigenvalue weighted by molar-refractivity contribution is -0.123. The molecule has 0 saturated heterocycles. The van der Waals surface area contributed by atoms with E-state index in [1.54, 1.807) is 31.4 Å². The zero-order valence-corrected chi connectivity index (χ0v) is 16.7. The average Bonchev–Trinajstić information content (AvgIpc) is 2.71. The Kier molecular flexibility index (Phi) is 6.34. The van der Waals surface area contributed by atoms with E-state index in [1.165, 1.54) is 0 Å². The minimum absolute atomic E-state index is 0.0102. The van der Waals surface area contributed by atoms with Crippen LogP contribution in [0.25, 0.3) is 10.8 Å². The van der Waals surface area contributed by atoms with Gasteiger partial charge in [-0.05, 0) is 48.9 Å². The van der Waals surface area contributed by atoms with Crippen LogP contribution in [0.15, 0.2) is 60.7 Å². The number of anilines is 1. The number of methoxy groups -OCH3 is 1. The number of carbonyl (C=O) groups excluding carboxylic acids is 2. The van der Waals surface area contributed by atoms with Crippen molar-refractivity contribution >= 4 is 28.3 Å². The molecule has 29 heavy (non-hydrogen) atoms. The van der Waals surface area contributed by atoms with Gasteiger partial charge in [-0.25, -0.2) is 0 Å². The molecule has 2 amide bonds. The molecule has 6 nitrogen and oxygen atoms in total. The van der Waals surface area contributed by atoms with Gasteiger partial charge >= 0.3 is 0 Å². The summed E-state index contributed by atoms with van der Waals surface area (Å²) in [4.78, 5) is 25.0. The maximum absolute atomic E-state index is 13.0. The van der Waals surface area contributed by atoms with Crippen LogP contribution in [-0.2, 0) is 4.79 Å². The van der Waals surface area contributed by atoms with E-state index >= 15 is 0 Å². The standard InChI is InChI=1S/C23H24N2O4/c1-15(2)24-22(26)14-29-21-13-17-9-5-4-8-16(17)12-18(21)23(27)25-19-10-6-7-11-20(19)28-3/h4-13,15H,14H2,1-3H3,(H,24,26)(H,25,27). The monoisotopic (exact) mass is 392 g/mol. The Morgan fingerprint density at radius 1 is 0.931 bits per heavy atom. The molecule has 0 unspecified atom stereocenters. The lowest BCUT2D eigenvalue weighted by Crippen LogP contribution is -2.34. The zero-order valence-electron chi connectivity index (χ0n) is 16.7. The third-order valence-corrected chi connectivity index (χ3v) is 4.26. The highest BCUT2D eigenvalue weighted by molar-refractivity contribution is 6.09. The molecular formula is C23H24N2O4. The number of rotatable bonds is 7. The van der Waals surface area contributed by atoms with Crippen LogP contribution >= 0.6 is 0 Å². The van der Waals surface area contributed by atoms with Gasteiger partial charge in [-0.3, -0.25) is 9.59 Å². The Morgan fingerprint density at radius 2 is 1.59 bits per heavy atom. The largest absolute Gasteiger partial charge is 0.495 e. The van der Waals surface area contributed by atoms with Crippen molar-refractivity contribution in [1.29, 1.82) is 0 Å². The molecule has 0 heterocycles. The maximum atomic E-state index is 13.0. The van der Waals surface area contributed by atoms with E-state index in [9.17, 15) is 9.59 Å². The molecule has 0 saturated carbocycles. The van der Waals surface area contributed by atoms with Gasteiger partial charge in [0, 0.05) is 6.04 Å². The summed E-state index contributed by atoms with van der Waals surface area (Å²) in [6.07, 6.45) is 0. The highest BCUT2D eigenvalue weighted by Crippen LogP contribution is 2.29. The Balaban J connectivity index is 1.91. The number of fused-ring (bicyclic) bond motifs is 1. The third-order valence-electron chi connectivity index (χ3n) is 4.26. The van der Waals surface area contributed by atoms with E-state index in [4.69, 9.17) is 9.47 Å². The summed E-state index contributed by atoms with van der Waals surface area (Å²) < 4.78 is 11.0.